The predicted octanol–water partition coefficient (Wildman–Crippen LogP) is 6.16. The fourth-order valence-corrected chi connectivity index (χ4v) is 6.94. The normalized spacial score (nSPS) is 30.9. The quantitative estimate of drug-likeness (QED) is 0.461. The molecule has 0 radical (unpaired) electrons. The molecule has 4 aliphatic rings. The maximum atomic E-state index is 15.1. The number of amides is 1. The van der Waals surface area contributed by atoms with Crippen molar-refractivity contribution in [3.8, 4) is 5.75 Å². The van der Waals surface area contributed by atoms with E-state index in [2.05, 4.69) is 0 Å². The average Bonchev–Trinajstić information content (AvgIpc) is 3.57. The van der Waals surface area contributed by atoms with Gasteiger partial charge in [-0.15, -0.1) is 0 Å². The van der Waals surface area contributed by atoms with Gasteiger partial charge in [-0.3, -0.25) is 4.79 Å². The third-order valence-corrected chi connectivity index (χ3v) is 8.77. The van der Waals surface area contributed by atoms with Crippen LogP contribution in [0.5, 0.6) is 5.75 Å². The van der Waals surface area contributed by atoms with Gasteiger partial charge in [-0.2, -0.15) is 0 Å². The van der Waals surface area contributed by atoms with Gasteiger partial charge < -0.3 is 14.7 Å². The maximum absolute atomic E-state index is 15.1. The predicted molar refractivity (Wildman–Crippen MR) is 128 cm³/mol. The lowest BCUT2D eigenvalue weighted by molar-refractivity contribution is -0.141. The lowest BCUT2D eigenvalue weighted by atomic mass is 9.67. The zero-order valence-electron chi connectivity index (χ0n) is 20.3. The van der Waals surface area contributed by atoms with Crippen molar-refractivity contribution in [1.29, 1.82) is 0 Å². The first-order chi connectivity index (χ1) is 16.4. The van der Waals surface area contributed by atoms with Crippen molar-refractivity contribution in [1.82, 2.24) is 4.90 Å². The van der Waals surface area contributed by atoms with Gasteiger partial charge in [0.2, 0.25) is 0 Å². The van der Waals surface area contributed by atoms with Crippen LogP contribution in [-0.2, 0) is 4.79 Å². The number of hydrogen-bond acceptors (Lipinski definition) is 3. The van der Waals surface area contributed by atoms with Gasteiger partial charge >= 0.3 is 5.97 Å². The Bertz CT molecular complexity index is 917. The summed E-state index contributed by atoms with van der Waals surface area (Å²) < 4.78 is 21.2. The molecule has 2 bridgehead atoms. The van der Waals surface area contributed by atoms with Crippen LogP contribution in [0.15, 0.2) is 12.1 Å². The zero-order chi connectivity index (χ0) is 23.8. The summed E-state index contributed by atoms with van der Waals surface area (Å²) in [5.74, 6) is 1.35. The molecule has 1 aromatic carbocycles. The lowest BCUT2D eigenvalue weighted by Gasteiger charge is -2.39. The highest BCUT2D eigenvalue weighted by atomic mass is 19.1. The topological polar surface area (TPSA) is 66.8 Å². The number of fused-ring (bicyclic) bond motifs is 2. The Balaban J connectivity index is 1.23. The number of aliphatic carboxylic acids is 1. The number of carbonyl (C=O) groups is 2. The number of nitrogens with zero attached hydrogens (tertiary/aromatic N) is 1. The lowest BCUT2D eigenvalue weighted by Crippen LogP contribution is -2.44. The highest BCUT2D eigenvalue weighted by Gasteiger charge is 2.40. The van der Waals surface area contributed by atoms with Crippen LogP contribution in [0.4, 0.5) is 4.39 Å². The molecule has 1 aromatic rings. The second kappa shape index (κ2) is 9.87. The molecular weight excluding hydrogens is 433 g/mol. The van der Waals surface area contributed by atoms with E-state index in [1.54, 1.807) is 6.07 Å². The number of benzene rings is 1. The molecule has 1 amide bonds. The van der Waals surface area contributed by atoms with Crippen molar-refractivity contribution >= 4 is 11.9 Å². The number of carboxylic acids is 1. The van der Waals surface area contributed by atoms with Crippen LogP contribution in [0.1, 0.15) is 106 Å². The summed E-state index contributed by atoms with van der Waals surface area (Å²) in [5, 5.41) is 9.52. The summed E-state index contributed by atoms with van der Waals surface area (Å²) in [6.07, 6.45) is 13.6. The minimum atomic E-state index is -1.03. The van der Waals surface area contributed by atoms with E-state index in [4.69, 9.17) is 4.74 Å². The highest BCUT2D eigenvalue weighted by Crippen LogP contribution is 2.46. The fraction of sp³-hybridized carbons (Fsp3) is 0.714. The smallest absolute Gasteiger partial charge is 0.326 e. The molecule has 2 unspecified atom stereocenters. The molecule has 5 nitrogen and oxygen atoms in total. The number of ether oxygens (including phenoxy) is 1. The van der Waals surface area contributed by atoms with Gasteiger partial charge in [-0.1, -0.05) is 19.3 Å². The van der Waals surface area contributed by atoms with Crippen molar-refractivity contribution in [2.75, 3.05) is 6.61 Å². The Labute approximate surface area is 202 Å². The van der Waals surface area contributed by atoms with Crippen LogP contribution >= 0.6 is 0 Å². The van der Waals surface area contributed by atoms with Crippen LogP contribution in [0.25, 0.3) is 0 Å². The van der Waals surface area contributed by atoms with Gasteiger partial charge in [0.05, 0.1) is 12.2 Å². The number of carboxylic acid groups (broad SMARTS) is 1. The van der Waals surface area contributed by atoms with E-state index in [0.717, 1.165) is 42.6 Å². The highest BCUT2D eigenvalue weighted by molar-refractivity contribution is 5.98. The summed E-state index contributed by atoms with van der Waals surface area (Å²) in [4.78, 5) is 26.2. The number of rotatable bonds is 8. The van der Waals surface area contributed by atoms with Gasteiger partial charge in [0.1, 0.15) is 17.6 Å². The molecule has 4 atom stereocenters. The Hall–Kier alpha value is -2.11. The molecule has 1 N–H and O–H groups in total. The third-order valence-electron chi connectivity index (χ3n) is 8.77. The molecular formula is C28H38FNO4. The van der Waals surface area contributed by atoms with Gasteiger partial charge in [-0.05, 0) is 100 Å². The van der Waals surface area contributed by atoms with Gasteiger partial charge in [0.25, 0.3) is 5.91 Å². The van der Waals surface area contributed by atoms with E-state index in [0.29, 0.717) is 31.1 Å². The maximum Gasteiger partial charge on any atom is 0.326 e. The fourth-order valence-electron chi connectivity index (χ4n) is 6.94. The second-order valence-corrected chi connectivity index (χ2v) is 11.4. The average molecular weight is 472 g/mol. The Morgan fingerprint density at radius 2 is 1.79 bits per heavy atom. The zero-order valence-corrected chi connectivity index (χ0v) is 20.3. The van der Waals surface area contributed by atoms with Gasteiger partial charge in [0, 0.05) is 12.1 Å². The van der Waals surface area contributed by atoms with Crippen molar-refractivity contribution in [2.24, 2.45) is 17.8 Å². The Morgan fingerprint density at radius 3 is 2.47 bits per heavy atom. The summed E-state index contributed by atoms with van der Waals surface area (Å²) >= 11 is 0. The van der Waals surface area contributed by atoms with Crippen molar-refractivity contribution in [3.63, 3.8) is 0 Å². The van der Waals surface area contributed by atoms with Crippen molar-refractivity contribution < 1.29 is 23.8 Å². The summed E-state index contributed by atoms with van der Waals surface area (Å²) in [7, 11) is 0. The van der Waals surface area contributed by atoms with E-state index in [1.807, 2.05) is 6.92 Å². The molecule has 4 fully saturated rings. The SMILES string of the molecule is C[C@@H]1CC[C@@H](C(=O)O)N1C(=O)c1cc(C2CC2)c(OCCCC2CC3CCCC(C2)C3)cc1F. The number of carbonyl (C=O) groups excluding carboxylic acids is 1. The van der Waals surface area contributed by atoms with Crippen LogP contribution in [0, 0.1) is 23.6 Å². The summed E-state index contributed by atoms with van der Waals surface area (Å²) in [6, 6.07) is 1.90. The van der Waals surface area contributed by atoms with E-state index >= 15 is 4.39 Å². The molecule has 0 spiro atoms. The van der Waals surface area contributed by atoms with Crippen LogP contribution < -0.4 is 4.74 Å². The Morgan fingerprint density at radius 1 is 1.06 bits per heavy atom. The first-order valence-corrected chi connectivity index (χ1v) is 13.4. The summed E-state index contributed by atoms with van der Waals surface area (Å²) in [6.45, 7) is 2.40. The van der Waals surface area contributed by atoms with Crippen molar-refractivity contribution in [2.45, 2.75) is 102 Å². The largest absolute Gasteiger partial charge is 0.493 e. The first kappa shape index (κ1) is 23.6. The molecule has 186 valence electrons. The minimum Gasteiger partial charge on any atom is -0.493 e. The monoisotopic (exact) mass is 471 g/mol. The molecule has 1 aliphatic heterocycles. The number of likely N-dealkylation sites (tertiary alicyclic amines) is 1. The van der Waals surface area contributed by atoms with Gasteiger partial charge in [0.15, 0.2) is 0 Å². The van der Waals surface area contributed by atoms with E-state index < -0.39 is 23.7 Å². The number of halogens is 1. The van der Waals surface area contributed by atoms with Crippen LogP contribution in [0.3, 0.4) is 0 Å². The van der Waals surface area contributed by atoms with Crippen LogP contribution in [0.2, 0.25) is 0 Å². The standard InChI is InChI=1S/C28H38FNO4/c1-17-7-10-25(28(32)33)30(17)27(31)23-15-22(21-8-9-21)26(16-24(23)29)34-11-3-6-20-13-18-4-2-5-19(12-18)14-20/h15-21,25H,2-14H2,1H3,(H,32,33)/t17-,18?,19?,20?,25+/m1/s1. The van der Waals surface area contributed by atoms with Crippen molar-refractivity contribution in [3.05, 3.63) is 29.1 Å². The molecule has 1 saturated heterocycles. The molecule has 5 rings (SSSR count). The second-order valence-electron chi connectivity index (χ2n) is 11.4. The molecule has 6 heteroatoms. The summed E-state index contributed by atoms with van der Waals surface area (Å²) in [5.41, 5.74) is 0.874. The molecule has 3 saturated carbocycles. The van der Waals surface area contributed by atoms with Gasteiger partial charge in [-0.25, -0.2) is 9.18 Å². The van der Waals surface area contributed by atoms with E-state index in [9.17, 15) is 14.7 Å². The molecule has 3 aliphatic carbocycles. The molecule has 34 heavy (non-hydrogen) atoms. The minimum absolute atomic E-state index is 0.0250. The molecule has 1 heterocycles. The van der Waals surface area contributed by atoms with E-state index in [1.165, 1.54) is 55.9 Å². The first-order valence-electron chi connectivity index (χ1n) is 13.4. The van der Waals surface area contributed by atoms with Crippen LogP contribution in [-0.4, -0.2) is 40.6 Å². The molecule has 0 aromatic heterocycles. The number of hydrogen-bond donors (Lipinski definition) is 1. The third kappa shape index (κ3) is 4.96. The van der Waals surface area contributed by atoms with E-state index in [-0.39, 0.29) is 11.6 Å². The Kier molecular flexibility index (Phi) is 6.85.